The van der Waals surface area contributed by atoms with Crippen LogP contribution >= 0.6 is 11.3 Å². The summed E-state index contributed by atoms with van der Waals surface area (Å²) in [5.74, 6) is -0.239. The van der Waals surface area contributed by atoms with Gasteiger partial charge in [0, 0.05) is 35.5 Å². The van der Waals surface area contributed by atoms with Crippen LogP contribution in [-0.4, -0.2) is 44.6 Å². The van der Waals surface area contributed by atoms with E-state index in [0.717, 1.165) is 16.0 Å². The van der Waals surface area contributed by atoms with Gasteiger partial charge in [-0.15, -0.1) is 11.3 Å². The van der Waals surface area contributed by atoms with Crippen LogP contribution in [0, 0.1) is 0 Å². The molecule has 0 bridgehead atoms. The first-order chi connectivity index (χ1) is 17.4. The van der Waals surface area contributed by atoms with Crippen molar-refractivity contribution in [3.8, 4) is 5.75 Å². The number of hydrogen-bond acceptors (Lipinski definition) is 8. The van der Waals surface area contributed by atoms with Gasteiger partial charge in [-0.25, -0.2) is 9.50 Å². The molecule has 5 rings (SSSR count). The average Bonchev–Trinajstić information content (AvgIpc) is 3.54. The minimum absolute atomic E-state index is 0.00572. The first kappa shape index (κ1) is 23.4. The Morgan fingerprint density at radius 1 is 1.06 bits per heavy atom. The molecule has 0 spiro atoms. The van der Waals surface area contributed by atoms with E-state index >= 15 is 0 Å². The van der Waals surface area contributed by atoms with Gasteiger partial charge in [-0.2, -0.15) is 5.10 Å². The number of amides is 2. The van der Waals surface area contributed by atoms with Crippen molar-refractivity contribution in [3.63, 3.8) is 0 Å². The summed E-state index contributed by atoms with van der Waals surface area (Å²) >= 11 is 1.31. The molecule has 0 radical (unpaired) electrons. The number of benzene rings is 1. The summed E-state index contributed by atoms with van der Waals surface area (Å²) in [6.45, 7) is 2.01. The fourth-order valence-electron chi connectivity index (χ4n) is 3.83. The Labute approximate surface area is 209 Å². The molecule has 1 aliphatic rings. The van der Waals surface area contributed by atoms with Gasteiger partial charge < -0.3 is 15.4 Å². The van der Waals surface area contributed by atoms with E-state index in [2.05, 4.69) is 20.7 Å². The van der Waals surface area contributed by atoms with Gasteiger partial charge in [-0.3, -0.25) is 19.2 Å². The Hall–Kier alpha value is -4.38. The van der Waals surface area contributed by atoms with Gasteiger partial charge in [0.05, 0.1) is 17.6 Å². The lowest BCUT2D eigenvalue weighted by Crippen LogP contribution is -2.28. The molecule has 10 nitrogen and oxygen atoms in total. The smallest absolute Gasteiger partial charge is 0.270 e. The third-order valence-electron chi connectivity index (χ3n) is 5.61. The molecular formula is C25H21N5O5S. The quantitative estimate of drug-likeness (QED) is 0.370. The number of aromatic nitrogens is 3. The number of thiophene rings is 1. The summed E-state index contributed by atoms with van der Waals surface area (Å²) in [5.41, 5.74) is 2.18. The molecule has 0 fully saturated rings. The normalized spacial score (nSPS) is 12.6. The van der Waals surface area contributed by atoms with E-state index in [1.54, 1.807) is 24.3 Å². The van der Waals surface area contributed by atoms with Crippen LogP contribution in [0.2, 0.25) is 0 Å². The molecule has 1 aliphatic heterocycles. The van der Waals surface area contributed by atoms with E-state index in [4.69, 9.17) is 4.74 Å². The van der Waals surface area contributed by atoms with Crippen molar-refractivity contribution < 1.29 is 23.9 Å². The summed E-state index contributed by atoms with van der Waals surface area (Å²) in [6.07, 6.45) is 1.80. The number of nitrogens with one attached hydrogen (secondary N) is 2. The van der Waals surface area contributed by atoms with Gasteiger partial charge in [-0.1, -0.05) is 6.07 Å². The number of carbonyl (C=O) groups excluding carboxylic acids is 4. The average molecular weight is 504 g/mol. The summed E-state index contributed by atoms with van der Waals surface area (Å²) in [4.78, 5) is 54.8. The first-order valence-corrected chi connectivity index (χ1v) is 12.0. The third-order valence-corrected chi connectivity index (χ3v) is 6.80. The zero-order valence-electron chi connectivity index (χ0n) is 19.2. The van der Waals surface area contributed by atoms with Crippen LogP contribution in [0.1, 0.15) is 53.6 Å². The van der Waals surface area contributed by atoms with E-state index in [0.29, 0.717) is 22.7 Å². The second-order valence-electron chi connectivity index (χ2n) is 8.26. The predicted octanol–water partition coefficient (Wildman–Crippen LogP) is 2.36. The summed E-state index contributed by atoms with van der Waals surface area (Å²) in [6, 6.07) is 12.0. The van der Waals surface area contributed by atoms with E-state index in [1.807, 2.05) is 12.1 Å². The van der Waals surface area contributed by atoms with Crippen molar-refractivity contribution in [3.05, 3.63) is 80.9 Å². The number of nitrogens with zero attached hydrogens (tertiary/aromatic N) is 3. The topological polar surface area (TPSA) is 132 Å². The van der Waals surface area contributed by atoms with Gasteiger partial charge in [0.2, 0.25) is 0 Å². The highest BCUT2D eigenvalue weighted by Crippen LogP contribution is 2.24. The monoisotopic (exact) mass is 503 g/mol. The Morgan fingerprint density at radius 3 is 2.69 bits per heavy atom. The highest BCUT2D eigenvalue weighted by molar-refractivity contribution is 7.14. The van der Waals surface area contributed by atoms with Gasteiger partial charge in [0.25, 0.3) is 11.8 Å². The molecule has 0 atom stereocenters. The number of fused-ring (bicyclic) bond motifs is 2. The minimum Gasteiger partial charge on any atom is -0.486 e. The SMILES string of the molecule is CC(=O)c1ccc(CNC(=O)c2cc(C(=O)NCc3ccc4c(c3)CC(=O)CO4)nc3ccnn23)s1. The van der Waals surface area contributed by atoms with E-state index < -0.39 is 11.8 Å². The van der Waals surface area contributed by atoms with Crippen LogP contribution in [0.25, 0.3) is 5.65 Å². The van der Waals surface area contributed by atoms with Crippen LogP contribution in [0.5, 0.6) is 5.75 Å². The second-order valence-corrected chi connectivity index (χ2v) is 9.43. The molecule has 0 aliphatic carbocycles. The first-order valence-electron chi connectivity index (χ1n) is 11.1. The van der Waals surface area contributed by atoms with E-state index in [1.165, 1.54) is 35.0 Å². The zero-order chi connectivity index (χ0) is 25.2. The lowest BCUT2D eigenvalue weighted by Gasteiger charge is -2.17. The maximum atomic E-state index is 13.0. The lowest BCUT2D eigenvalue weighted by atomic mass is 10.0. The van der Waals surface area contributed by atoms with Gasteiger partial charge >= 0.3 is 0 Å². The molecule has 182 valence electrons. The molecule has 0 saturated heterocycles. The maximum absolute atomic E-state index is 13.0. The highest BCUT2D eigenvalue weighted by atomic mass is 32.1. The van der Waals surface area contributed by atoms with Crippen LogP contribution in [0.4, 0.5) is 0 Å². The maximum Gasteiger partial charge on any atom is 0.270 e. The minimum atomic E-state index is -0.456. The van der Waals surface area contributed by atoms with Crippen molar-refractivity contribution in [2.45, 2.75) is 26.4 Å². The molecule has 3 aromatic heterocycles. The number of Topliss-reactive ketones (excluding diaryl/α,β-unsaturated/α-hetero) is 2. The number of rotatable bonds is 7. The fourth-order valence-corrected chi connectivity index (χ4v) is 4.67. The molecule has 1 aromatic carbocycles. The second kappa shape index (κ2) is 9.70. The third kappa shape index (κ3) is 4.86. The lowest BCUT2D eigenvalue weighted by molar-refractivity contribution is -0.121. The van der Waals surface area contributed by atoms with E-state index in [-0.39, 0.29) is 42.7 Å². The number of hydrogen-bond donors (Lipinski definition) is 2. The van der Waals surface area contributed by atoms with Crippen molar-refractivity contribution >= 4 is 40.4 Å². The molecule has 2 N–H and O–H groups in total. The van der Waals surface area contributed by atoms with Gasteiger partial charge in [-0.05, 0) is 36.8 Å². The Bertz CT molecular complexity index is 1520. The number of ketones is 2. The van der Waals surface area contributed by atoms with Crippen molar-refractivity contribution in [1.29, 1.82) is 0 Å². The van der Waals surface area contributed by atoms with Crippen LogP contribution < -0.4 is 15.4 Å². The largest absolute Gasteiger partial charge is 0.486 e. The molecule has 36 heavy (non-hydrogen) atoms. The molecular weight excluding hydrogens is 482 g/mol. The number of carbonyl (C=O) groups is 4. The summed E-state index contributed by atoms with van der Waals surface area (Å²) in [5, 5.41) is 9.76. The predicted molar refractivity (Wildman–Crippen MR) is 130 cm³/mol. The van der Waals surface area contributed by atoms with Crippen molar-refractivity contribution in [1.82, 2.24) is 25.2 Å². The molecule has 4 heterocycles. The molecule has 0 unspecified atom stereocenters. The van der Waals surface area contributed by atoms with Crippen LogP contribution in [0.15, 0.2) is 48.7 Å². The number of ether oxygens (including phenoxy) is 1. The van der Waals surface area contributed by atoms with Crippen molar-refractivity contribution in [2.75, 3.05) is 6.61 Å². The molecule has 0 saturated carbocycles. The molecule has 2 amide bonds. The van der Waals surface area contributed by atoms with Crippen LogP contribution in [0.3, 0.4) is 0 Å². The Morgan fingerprint density at radius 2 is 1.89 bits per heavy atom. The Kier molecular flexibility index (Phi) is 6.30. The van der Waals surface area contributed by atoms with Gasteiger partial charge in [0.1, 0.15) is 23.7 Å². The standard InChI is InChI=1S/C25H21N5O5S/c1-14(31)22-5-3-18(36-22)12-27-25(34)20-10-19(29-23-6-7-28-30(20)23)24(33)26-11-15-2-4-21-16(8-15)9-17(32)13-35-21/h2-8,10H,9,11-13H2,1H3,(H,26,33)(H,27,34). The summed E-state index contributed by atoms with van der Waals surface area (Å²) in [7, 11) is 0. The fraction of sp³-hybridized carbons (Fsp3) is 0.200. The van der Waals surface area contributed by atoms with Crippen LogP contribution in [-0.2, 0) is 24.3 Å². The molecule has 11 heteroatoms. The molecule has 4 aromatic rings. The zero-order valence-corrected chi connectivity index (χ0v) is 20.1. The summed E-state index contributed by atoms with van der Waals surface area (Å²) < 4.78 is 6.77. The van der Waals surface area contributed by atoms with E-state index in [9.17, 15) is 19.2 Å². The highest BCUT2D eigenvalue weighted by Gasteiger charge is 2.19. The Balaban J connectivity index is 1.30. The van der Waals surface area contributed by atoms with Crippen molar-refractivity contribution in [2.24, 2.45) is 0 Å². The van der Waals surface area contributed by atoms with Gasteiger partial charge in [0.15, 0.2) is 17.2 Å².